The Labute approximate surface area is 149 Å². The van der Waals surface area contributed by atoms with E-state index in [4.69, 9.17) is 0 Å². The van der Waals surface area contributed by atoms with Crippen molar-refractivity contribution in [3.8, 4) is 5.75 Å². The number of nitrogens with one attached hydrogen (secondary N) is 1. The maximum atomic E-state index is 12.2. The zero-order chi connectivity index (χ0) is 17.6. The molecule has 0 bridgehead atoms. The number of thiophene rings is 1. The van der Waals surface area contributed by atoms with Crippen molar-refractivity contribution in [1.82, 2.24) is 0 Å². The second kappa shape index (κ2) is 7.59. The predicted molar refractivity (Wildman–Crippen MR) is 100 cm³/mol. The highest BCUT2D eigenvalue weighted by Gasteiger charge is 2.07. The summed E-state index contributed by atoms with van der Waals surface area (Å²) in [5.74, 6) is -0.169. The van der Waals surface area contributed by atoms with Gasteiger partial charge in [-0.1, -0.05) is 24.3 Å². The summed E-state index contributed by atoms with van der Waals surface area (Å²) in [6.45, 7) is 0. The quantitative estimate of drug-likeness (QED) is 0.522. The summed E-state index contributed by atoms with van der Waals surface area (Å²) in [6.07, 6.45) is 3.10. The number of anilines is 1. The molecule has 0 aliphatic rings. The lowest BCUT2D eigenvalue weighted by Gasteiger charge is -2.04. The van der Waals surface area contributed by atoms with Crippen molar-refractivity contribution in [2.75, 3.05) is 5.32 Å². The molecule has 0 saturated carbocycles. The summed E-state index contributed by atoms with van der Waals surface area (Å²) in [5, 5.41) is 14.0. The molecule has 1 amide bonds. The standard InChI is InChI=1S/C20H15NO3S/c22-17-4-1-3-14(13-17)6-11-18(23)15-7-9-16(10-8-15)21-20(24)19-5-2-12-25-19/h1-13,22H,(H,21,24)/b11-6+. The van der Waals surface area contributed by atoms with Crippen LogP contribution in [0.1, 0.15) is 25.6 Å². The highest BCUT2D eigenvalue weighted by atomic mass is 32.1. The van der Waals surface area contributed by atoms with Gasteiger partial charge in [0.2, 0.25) is 0 Å². The molecule has 0 saturated heterocycles. The SMILES string of the molecule is O=C(/C=C/c1cccc(O)c1)c1ccc(NC(=O)c2cccs2)cc1. The molecule has 3 rings (SSSR count). The van der Waals surface area contributed by atoms with E-state index in [1.54, 1.807) is 60.7 Å². The van der Waals surface area contributed by atoms with Gasteiger partial charge < -0.3 is 10.4 Å². The molecule has 5 heteroatoms. The maximum absolute atomic E-state index is 12.2. The smallest absolute Gasteiger partial charge is 0.265 e. The average Bonchev–Trinajstić information content (AvgIpc) is 3.15. The van der Waals surface area contributed by atoms with Gasteiger partial charge in [-0.3, -0.25) is 9.59 Å². The zero-order valence-electron chi connectivity index (χ0n) is 13.2. The first kappa shape index (κ1) is 16.7. The van der Waals surface area contributed by atoms with E-state index in [1.165, 1.54) is 17.4 Å². The zero-order valence-corrected chi connectivity index (χ0v) is 14.0. The number of ketones is 1. The van der Waals surface area contributed by atoms with Crippen LogP contribution in [0.5, 0.6) is 5.75 Å². The molecule has 0 fully saturated rings. The van der Waals surface area contributed by atoms with Gasteiger partial charge in [-0.2, -0.15) is 0 Å². The summed E-state index contributed by atoms with van der Waals surface area (Å²) in [7, 11) is 0. The topological polar surface area (TPSA) is 66.4 Å². The number of hydrogen-bond acceptors (Lipinski definition) is 4. The normalized spacial score (nSPS) is 10.7. The monoisotopic (exact) mass is 349 g/mol. The van der Waals surface area contributed by atoms with Crippen LogP contribution in [0.3, 0.4) is 0 Å². The van der Waals surface area contributed by atoms with Crippen LogP contribution in [0.4, 0.5) is 5.69 Å². The first-order valence-electron chi connectivity index (χ1n) is 7.58. The fourth-order valence-corrected chi connectivity index (χ4v) is 2.83. The number of amides is 1. The lowest BCUT2D eigenvalue weighted by molar-refractivity contribution is 0.102. The molecule has 0 atom stereocenters. The van der Waals surface area contributed by atoms with Crippen molar-refractivity contribution in [2.24, 2.45) is 0 Å². The van der Waals surface area contributed by atoms with Crippen LogP contribution in [0.2, 0.25) is 0 Å². The summed E-state index contributed by atoms with van der Waals surface area (Å²) in [4.78, 5) is 24.8. The Morgan fingerprint density at radius 3 is 2.48 bits per heavy atom. The minimum absolute atomic E-state index is 0.153. The number of aromatic hydroxyl groups is 1. The lowest BCUT2D eigenvalue weighted by atomic mass is 10.1. The molecule has 4 nitrogen and oxygen atoms in total. The minimum atomic E-state index is -0.169. The van der Waals surface area contributed by atoms with Gasteiger partial charge in [-0.25, -0.2) is 0 Å². The van der Waals surface area contributed by atoms with Gasteiger partial charge in [-0.05, 0) is 59.5 Å². The Balaban J connectivity index is 1.65. The first-order chi connectivity index (χ1) is 12.1. The van der Waals surface area contributed by atoms with Gasteiger partial charge in [0, 0.05) is 11.3 Å². The Morgan fingerprint density at radius 2 is 1.80 bits per heavy atom. The van der Waals surface area contributed by atoms with Gasteiger partial charge in [0.15, 0.2) is 5.78 Å². The van der Waals surface area contributed by atoms with Crippen LogP contribution in [-0.4, -0.2) is 16.8 Å². The third-order valence-corrected chi connectivity index (χ3v) is 4.34. The molecular formula is C20H15NO3S. The van der Waals surface area contributed by atoms with Crippen molar-refractivity contribution < 1.29 is 14.7 Å². The number of phenolic OH excluding ortho intramolecular Hbond substituents is 1. The second-order valence-corrected chi connectivity index (χ2v) is 6.25. The summed E-state index contributed by atoms with van der Waals surface area (Å²) >= 11 is 1.37. The highest BCUT2D eigenvalue weighted by Crippen LogP contribution is 2.16. The molecule has 0 unspecified atom stereocenters. The van der Waals surface area contributed by atoms with Crippen molar-refractivity contribution >= 4 is 34.8 Å². The fourth-order valence-electron chi connectivity index (χ4n) is 2.21. The molecule has 1 aromatic heterocycles. The molecule has 0 aliphatic carbocycles. The van der Waals surface area contributed by atoms with Gasteiger partial charge >= 0.3 is 0 Å². The maximum Gasteiger partial charge on any atom is 0.265 e. The Kier molecular flexibility index (Phi) is 5.06. The third-order valence-electron chi connectivity index (χ3n) is 3.47. The Bertz CT molecular complexity index is 912. The summed E-state index contributed by atoms with van der Waals surface area (Å²) < 4.78 is 0. The molecule has 25 heavy (non-hydrogen) atoms. The lowest BCUT2D eigenvalue weighted by Crippen LogP contribution is -2.10. The van der Waals surface area contributed by atoms with Crippen molar-refractivity contribution in [3.63, 3.8) is 0 Å². The number of carbonyl (C=O) groups excluding carboxylic acids is 2. The van der Waals surface area contributed by atoms with E-state index in [9.17, 15) is 14.7 Å². The van der Waals surface area contributed by atoms with E-state index >= 15 is 0 Å². The van der Waals surface area contributed by atoms with Crippen molar-refractivity contribution in [1.29, 1.82) is 0 Å². The van der Waals surface area contributed by atoms with Crippen LogP contribution < -0.4 is 5.32 Å². The highest BCUT2D eigenvalue weighted by molar-refractivity contribution is 7.12. The van der Waals surface area contributed by atoms with Crippen molar-refractivity contribution in [2.45, 2.75) is 0 Å². The minimum Gasteiger partial charge on any atom is -0.508 e. The molecule has 0 spiro atoms. The number of phenols is 1. The molecular weight excluding hydrogens is 334 g/mol. The van der Waals surface area contributed by atoms with Gasteiger partial charge in [0.1, 0.15) is 5.75 Å². The number of allylic oxidation sites excluding steroid dienone is 1. The fraction of sp³-hybridized carbons (Fsp3) is 0. The molecule has 1 heterocycles. The van der Waals surface area contributed by atoms with E-state index < -0.39 is 0 Å². The average molecular weight is 349 g/mol. The Morgan fingerprint density at radius 1 is 1.00 bits per heavy atom. The number of hydrogen-bond donors (Lipinski definition) is 2. The van der Waals surface area contributed by atoms with Crippen LogP contribution in [0.25, 0.3) is 6.08 Å². The summed E-state index contributed by atoms with van der Waals surface area (Å²) in [5.41, 5.74) is 1.89. The molecule has 124 valence electrons. The van der Waals surface area contributed by atoms with E-state index in [-0.39, 0.29) is 17.4 Å². The first-order valence-corrected chi connectivity index (χ1v) is 8.46. The molecule has 0 aliphatic heterocycles. The van der Waals surface area contributed by atoms with Crippen LogP contribution in [-0.2, 0) is 0 Å². The number of benzene rings is 2. The number of rotatable bonds is 5. The largest absolute Gasteiger partial charge is 0.508 e. The van der Waals surface area contributed by atoms with E-state index in [0.29, 0.717) is 16.1 Å². The molecule has 2 N–H and O–H groups in total. The Hall–Kier alpha value is -3.18. The van der Waals surface area contributed by atoms with Gasteiger partial charge in [-0.15, -0.1) is 11.3 Å². The molecule has 2 aromatic carbocycles. The number of carbonyl (C=O) groups is 2. The van der Waals surface area contributed by atoms with Crippen LogP contribution >= 0.6 is 11.3 Å². The van der Waals surface area contributed by atoms with Gasteiger partial charge in [0.25, 0.3) is 5.91 Å². The van der Waals surface area contributed by atoms with Crippen molar-refractivity contribution in [3.05, 3.63) is 88.1 Å². The summed E-state index contributed by atoms with van der Waals surface area (Å²) in [6, 6.07) is 17.0. The molecule has 0 radical (unpaired) electrons. The second-order valence-electron chi connectivity index (χ2n) is 5.30. The predicted octanol–water partition coefficient (Wildman–Crippen LogP) is 4.60. The van der Waals surface area contributed by atoms with E-state index in [1.807, 2.05) is 11.4 Å². The third kappa shape index (κ3) is 4.43. The molecule has 3 aromatic rings. The van der Waals surface area contributed by atoms with E-state index in [2.05, 4.69) is 5.32 Å². The van der Waals surface area contributed by atoms with Crippen LogP contribution in [0.15, 0.2) is 72.1 Å². The van der Waals surface area contributed by atoms with E-state index in [0.717, 1.165) is 5.56 Å². The van der Waals surface area contributed by atoms with Gasteiger partial charge in [0.05, 0.1) is 4.88 Å². The van der Waals surface area contributed by atoms with Crippen LogP contribution in [0, 0.1) is 0 Å².